The normalized spacial score (nSPS) is 22.2. The molecule has 1 amide bonds. The first-order chi connectivity index (χ1) is 19.3. The number of hydrogen-bond donors (Lipinski definition) is 5. The number of carbonyl (C=O) groups excluding carboxylic acids is 1. The molecule has 11 nitrogen and oxygen atoms in total. The molecule has 0 spiro atoms. The molecule has 0 aliphatic carbocycles. The molecule has 11 heteroatoms. The third-order valence-electron chi connectivity index (χ3n) is 6.20. The number of rotatable bonds is 11. The average molecular weight is 554 g/mol. The molecule has 0 saturated carbocycles. The molecule has 1 aliphatic rings. The lowest BCUT2D eigenvalue weighted by Crippen LogP contribution is -2.61. The van der Waals surface area contributed by atoms with E-state index in [1.165, 1.54) is 0 Å². The summed E-state index contributed by atoms with van der Waals surface area (Å²) in [6, 6.07) is 23.6. The number of amides is 1. The van der Waals surface area contributed by atoms with Gasteiger partial charge in [-0.05, 0) is 35.2 Å². The Balaban J connectivity index is 1.43. The van der Waals surface area contributed by atoms with E-state index >= 15 is 0 Å². The first-order valence-corrected chi connectivity index (χ1v) is 12.6. The van der Waals surface area contributed by atoms with Gasteiger partial charge in [-0.15, -0.1) is 0 Å². The van der Waals surface area contributed by atoms with Crippen LogP contribution in [0.4, 0.5) is 4.79 Å². The van der Waals surface area contributed by atoms with Crippen molar-refractivity contribution in [2.45, 2.75) is 50.3 Å². The summed E-state index contributed by atoms with van der Waals surface area (Å²) in [6.45, 7) is 0.573. The number of ether oxygens (including phenoxy) is 4. The van der Waals surface area contributed by atoms with E-state index in [-0.39, 0.29) is 31.3 Å². The highest BCUT2D eigenvalue weighted by Crippen LogP contribution is 2.33. The first kappa shape index (κ1) is 28.8. The molecule has 1 aliphatic heterocycles. The lowest BCUT2D eigenvalue weighted by atomic mass is 9.99. The van der Waals surface area contributed by atoms with E-state index in [4.69, 9.17) is 18.9 Å². The van der Waals surface area contributed by atoms with E-state index in [1.54, 1.807) is 18.2 Å². The van der Waals surface area contributed by atoms with Crippen molar-refractivity contribution in [3.63, 3.8) is 0 Å². The van der Waals surface area contributed by atoms with Crippen LogP contribution in [0, 0.1) is 0 Å². The summed E-state index contributed by atoms with van der Waals surface area (Å²) in [5.41, 5.74) is 2.46. The zero-order valence-electron chi connectivity index (χ0n) is 21.5. The molecule has 212 valence electrons. The summed E-state index contributed by atoms with van der Waals surface area (Å²) in [7, 11) is 0. The number of aliphatic hydroxyl groups is 3. The van der Waals surface area contributed by atoms with Crippen LogP contribution < -0.4 is 14.8 Å². The number of benzene rings is 3. The lowest BCUT2D eigenvalue weighted by Gasteiger charge is -2.38. The second-order valence-corrected chi connectivity index (χ2v) is 9.15. The number of aliphatic carboxylic acids is 1. The van der Waals surface area contributed by atoms with Crippen LogP contribution in [0.15, 0.2) is 78.9 Å². The molecule has 0 aromatic heterocycles. The van der Waals surface area contributed by atoms with Gasteiger partial charge in [0.2, 0.25) is 6.29 Å². The summed E-state index contributed by atoms with van der Waals surface area (Å²) in [6.07, 6.45) is -9.02. The second kappa shape index (κ2) is 13.8. The number of carboxylic acid groups (broad SMARTS) is 1. The van der Waals surface area contributed by atoms with Crippen LogP contribution in [0.5, 0.6) is 11.5 Å². The number of nitrogens with one attached hydrogen (secondary N) is 1. The predicted octanol–water partition coefficient (Wildman–Crippen LogP) is 2.01. The van der Waals surface area contributed by atoms with Crippen LogP contribution >= 0.6 is 0 Å². The van der Waals surface area contributed by atoms with Crippen molar-refractivity contribution >= 4 is 12.1 Å². The molecule has 5 N–H and O–H groups in total. The number of carboxylic acids is 1. The highest BCUT2D eigenvalue weighted by Gasteiger charge is 2.48. The van der Waals surface area contributed by atoms with Crippen LogP contribution in [0.3, 0.4) is 0 Å². The molecule has 40 heavy (non-hydrogen) atoms. The molecule has 5 unspecified atom stereocenters. The quantitative estimate of drug-likeness (QED) is 0.237. The summed E-state index contributed by atoms with van der Waals surface area (Å²) in [5, 5.41) is 42.6. The first-order valence-electron chi connectivity index (χ1n) is 12.6. The van der Waals surface area contributed by atoms with Crippen molar-refractivity contribution in [3.05, 3.63) is 95.6 Å². The third kappa shape index (κ3) is 7.70. The van der Waals surface area contributed by atoms with Gasteiger partial charge in [-0.2, -0.15) is 0 Å². The molecule has 1 fully saturated rings. The summed E-state index contributed by atoms with van der Waals surface area (Å²) < 4.78 is 22.2. The fraction of sp³-hybridized carbons (Fsp3) is 0.310. The second-order valence-electron chi connectivity index (χ2n) is 9.15. The summed E-state index contributed by atoms with van der Waals surface area (Å²) in [5.74, 6) is -1.14. The number of carbonyl (C=O) groups is 2. The molecular formula is C29H31NO10. The van der Waals surface area contributed by atoms with E-state index in [9.17, 15) is 30.0 Å². The van der Waals surface area contributed by atoms with Crippen LogP contribution in [0.1, 0.15) is 16.7 Å². The predicted molar refractivity (Wildman–Crippen MR) is 140 cm³/mol. The Kier molecular flexibility index (Phi) is 9.92. The van der Waals surface area contributed by atoms with Gasteiger partial charge in [-0.3, -0.25) is 0 Å². The smallest absolute Gasteiger partial charge is 0.407 e. The molecule has 3 aromatic rings. The minimum atomic E-state index is -1.85. The topological polar surface area (TPSA) is 164 Å². The summed E-state index contributed by atoms with van der Waals surface area (Å²) >= 11 is 0. The number of aliphatic hydroxyl groups excluding tert-OH is 3. The van der Waals surface area contributed by atoms with Gasteiger partial charge < -0.3 is 44.7 Å². The van der Waals surface area contributed by atoms with Crippen LogP contribution in [0.25, 0.3) is 0 Å². The van der Waals surface area contributed by atoms with Crippen LogP contribution in [0.2, 0.25) is 0 Å². The van der Waals surface area contributed by atoms with Crippen molar-refractivity contribution in [3.8, 4) is 11.5 Å². The zero-order chi connectivity index (χ0) is 28.5. The van der Waals surface area contributed by atoms with Crippen LogP contribution in [-0.4, -0.2) is 69.7 Å². The molecule has 1 saturated heterocycles. The van der Waals surface area contributed by atoms with Gasteiger partial charge >= 0.3 is 12.1 Å². The molecule has 1 heterocycles. The molecule has 0 bridgehead atoms. The maximum Gasteiger partial charge on any atom is 0.407 e. The molecule has 4 rings (SSSR count). The van der Waals surface area contributed by atoms with E-state index in [0.717, 1.165) is 11.1 Å². The standard InChI is InChI=1S/C29H31NO10/c31-23-24(32)26(27(34)35)40-28(25(23)33)39-22-15-18(11-12-21(22)37-16-19-7-3-1-4-8-19)13-14-30-29(36)38-17-20-9-5-2-6-10-20/h1-12,15,23-26,28,31-33H,13-14,16-17H2,(H,30,36)(H,34,35). The number of alkyl carbamates (subject to hydrolysis) is 1. The van der Waals surface area contributed by atoms with E-state index in [2.05, 4.69) is 5.32 Å². The van der Waals surface area contributed by atoms with Crippen molar-refractivity contribution in [2.24, 2.45) is 0 Å². The Morgan fingerprint density at radius 1 is 0.775 bits per heavy atom. The largest absolute Gasteiger partial charge is 0.485 e. The minimum absolute atomic E-state index is 0.108. The lowest BCUT2D eigenvalue weighted by molar-refractivity contribution is -0.271. The van der Waals surface area contributed by atoms with Gasteiger partial charge in [0, 0.05) is 6.54 Å². The Morgan fingerprint density at radius 2 is 1.43 bits per heavy atom. The minimum Gasteiger partial charge on any atom is -0.485 e. The molecular weight excluding hydrogens is 522 g/mol. The SMILES string of the molecule is O=C(NCCc1ccc(OCc2ccccc2)c(OC2OC(C(=O)O)C(O)C(O)C2O)c1)OCc1ccccc1. The molecule has 3 aromatic carbocycles. The summed E-state index contributed by atoms with van der Waals surface area (Å²) in [4.78, 5) is 23.6. The van der Waals surface area contributed by atoms with Crippen molar-refractivity contribution in [2.75, 3.05) is 6.54 Å². The van der Waals surface area contributed by atoms with Crippen molar-refractivity contribution < 1.29 is 49.0 Å². The van der Waals surface area contributed by atoms with Gasteiger partial charge in [0.15, 0.2) is 17.6 Å². The zero-order valence-corrected chi connectivity index (χ0v) is 21.5. The maximum absolute atomic E-state index is 12.1. The van der Waals surface area contributed by atoms with Gasteiger partial charge in [0.25, 0.3) is 0 Å². The Hall–Kier alpha value is -4.16. The van der Waals surface area contributed by atoms with E-state index in [0.29, 0.717) is 12.0 Å². The average Bonchev–Trinajstić information content (AvgIpc) is 2.96. The highest BCUT2D eigenvalue weighted by atomic mass is 16.7. The Bertz CT molecular complexity index is 1260. The van der Waals surface area contributed by atoms with Crippen molar-refractivity contribution in [1.29, 1.82) is 0 Å². The van der Waals surface area contributed by atoms with Crippen LogP contribution in [-0.2, 0) is 33.9 Å². The highest BCUT2D eigenvalue weighted by molar-refractivity contribution is 5.73. The number of hydrogen-bond acceptors (Lipinski definition) is 9. The third-order valence-corrected chi connectivity index (χ3v) is 6.20. The van der Waals surface area contributed by atoms with Gasteiger partial charge in [-0.1, -0.05) is 66.7 Å². The molecule has 0 radical (unpaired) electrons. The molecule has 5 atom stereocenters. The maximum atomic E-state index is 12.1. The fourth-order valence-corrected chi connectivity index (χ4v) is 4.01. The van der Waals surface area contributed by atoms with Gasteiger partial charge in [0.05, 0.1) is 0 Å². The van der Waals surface area contributed by atoms with Gasteiger partial charge in [-0.25, -0.2) is 9.59 Å². The fourth-order valence-electron chi connectivity index (χ4n) is 4.01. The van der Waals surface area contributed by atoms with Gasteiger partial charge in [0.1, 0.15) is 31.5 Å². The Labute approximate surface area is 230 Å². The monoisotopic (exact) mass is 553 g/mol. The van der Waals surface area contributed by atoms with Crippen molar-refractivity contribution in [1.82, 2.24) is 5.32 Å². The van der Waals surface area contributed by atoms with E-state index in [1.807, 2.05) is 60.7 Å². The van der Waals surface area contributed by atoms with E-state index < -0.39 is 42.8 Å². The Morgan fingerprint density at radius 3 is 2.08 bits per heavy atom.